The van der Waals surface area contributed by atoms with E-state index in [1.807, 2.05) is 0 Å². The largest absolute Gasteiger partial charge is 0.462 e. The zero-order chi connectivity index (χ0) is 41.0. The van der Waals surface area contributed by atoms with E-state index in [-0.39, 0.29) is 24.9 Å². The van der Waals surface area contributed by atoms with E-state index in [0.29, 0.717) is 19.3 Å². The Morgan fingerprint density at radius 2 is 0.893 bits per heavy atom. The Labute approximate surface area is 348 Å². The first kappa shape index (κ1) is 54.3. The van der Waals surface area contributed by atoms with Gasteiger partial charge in [-0.05, 0) is 51.4 Å². The van der Waals surface area contributed by atoms with Crippen molar-refractivity contribution in [1.29, 1.82) is 0 Å². The summed E-state index contributed by atoms with van der Waals surface area (Å²) in [6.07, 6.45) is 49.5. The van der Waals surface area contributed by atoms with Crippen molar-refractivity contribution in [2.45, 2.75) is 277 Å². The van der Waals surface area contributed by atoms with E-state index in [9.17, 15) is 19.8 Å². The number of rotatable bonds is 44. The Kier molecular flexibility index (Phi) is 43.1. The molecule has 0 aromatic carbocycles. The molecule has 0 radical (unpaired) electrons. The van der Waals surface area contributed by atoms with Crippen LogP contribution in [0.4, 0.5) is 0 Å². The Morgan fingerprint density at radius 3 is 1.34 bits per heavy atom. The highest BCUT2D eigenvalue weighted by Gasteiger charge is 2.24. The molecule has 0 bridgehead atoms. The fraction of sp³-hybridized carbons (Fsp3) is 0.880. The van der Waals surface area contributed by atoms with Crippen LogP contribution < -0.4 is 5.32 Å². The summed E-state index contributed by atoms with van der Waals surface area (Å²) < 4.78 is 5.91. The highest BCUT2D eigenvalue weighted by Crippen LogP contribution is 2.17. The lowest BCUT2D eigenvalue weighted by Gasteiger charge is -2.24. The van der Waals surface area contributed by atoms with Gasteiger partial charge in [-0.2, -0.15) is 0 Å². The standard InChI is InChI=1S/C50H95NO5/c1-4-7-10-13-16-19-21-23-24-25-26-27-30-32-35-38-41-46(56-50(55)43-40-37-34-31-28-22-20-17-14-11-8-5-2)44-49(54)51-47(45-52)48(53)42-39-36-33-29-18-15-12-9-6-3/h24-27,46-48,52-53H,4-23,28-45H2,1-3H3,(H,51,54)/b25-24+,27-26+. The van der Waals surface area contributed by atoms with E-state index in [4.69, 9.17) is 4.74 Å². The van der Waals surface area contributed by atoms with Crippen LogP contribution in [-0.2, 0) is 14.3 Å². The van der Waals surface area contributed by atoms with Crippen molar-refractivity contribution in [2.24, 2.45) is 0 Å². The van der Waals surface area contributed by atoms with Gasteiger partial charge in [0.25, 0.3) is 0 Å². The number of hydrogen-bond donors (Lipinski definition) is 3. The second-order valence-corrected chi connectivity index (χ2v) is 16.9. The number of esters is 1. The van der Waals surface area contributed by atoms with Crippen molar-refractivity contribution in [3.63, 3.8) is 0 Å². The molecule has 0 saturated heterocycles. The normalized spacial score (nSPS) is 13.4. The van der Waals surface area contributed by atoms with Gasteiger partial charge in [0.2, 0.25) is 5.91 Å². The molecule has 0 aromatic heterocycles. The molecule has 3 unspecified atom stereocenters. The van der Waals surface area contributed by atoms with Gasteiger partial charge < -0.3 is 20.3 Å². The van der Waals surface area contributed by atoms with Gasteiger partial charge in [0, 0.05) is 6.42 Å². The average molecular weight is 790 g/mol. The fourth-order valence-corrected chi connectivity index (χ4v) is 7.54. The summed E-state index contributed by atoms with van der Waals surface area (Å²) in [4.78, 5) is 26.0. The quantitative estimate of drug-likeness (QED) is 0.0324. The Bertz CT molecular complexity index is 889. The molecule has 0 spiro atoms. The maximum absolute atomic E-state index is 13.1. The number of ether oxygens (including phenoxy) is 1. The highest BCUT2D eigenvalue weighted by molar-refractivity contribution is 5.77. The number of aliphatic hydroxyl groups excluding tert-OH is 2. The van der Waals surface area contributed by atoms with E-state index in [2.05, 4.69) is 50.4 Å². The molecular weight excluding hydrogens is 695 g/mol. The minimum atomic E-state index is -0.788. The maximum Gasteiger partial charge on any atom is 0.306 e. The van der Waals surface area contributed by atoms with Crippen LogP contribution in [0, 0.1) is 0 Å². The summed E-state index contributed by atoms with van der Waals surface area (Å²) in [5.41, 5.74) is 0. The van der Waals surface area contributed by atoms with Gasteiger partial charge in [-0.3, -0.25) is 9.59 Å². The number of carbonyl (C=O) groups excluding carboxylic acids is 2. The van der Waals surface area contributed by atoms with Crippen LogP contribution in [0.5, 0.6) is 0 Å². The van der Waals surface area contributed by atoms with Crippen molar-refractivity contribution in [1.82, 2.24) is 5.32 Å². The van der Waals surface area contributed by atoms with E-state index < -0.39 is 18.2 Å². The molecule has 0 aliphatic heterocycles. The van der Waals surface area contributed by atoms with Crippen molar-refractivity contribution in [3.05, 3.63) is 24.3 Å². The molecule has 56 heavy (non-hydrogen) atoms. The second kappa shape index (κ2) is 44.4. The van der Waals surface area contributed by atoms with Gasteiger partial charge in [-0.25, -0.2) is 0 Å². The van der Waals surface area contributed by atoms with Gasteiger partial charge in [0.15, 0.2) is 0 Å². The first-order valence-electron chi connectivity index (χ1n) is 24.6. The van der Waals surface area contributed by atoms with Crippen LogP contribution >= 0.6 is 0 Å². The molecule has 0 fully saturated rings. The molecule has 0 aliphatic carbocycles. The van der Waals surface area contributed by atoms with Gasteiger partial charge >= 0.3 is 5.97 Å². The third kappa shape index (κ3) is 39.2. The first-order chi connectivity index (χ1) is 27.5. The third-order valence-electron chi connectivity index (χ3n) is 11.3. The average Bonchev–Trinajstić information content (AvgIpc) is 3.19. The maximum atomic E-state index is 13.1. The number of unbranched alkanes of at least 4 members (excludes halogenated alkanes) is 29. The van der Waals surface area contributed by atoms with Crippen LogP contribution in [0.3, 0.4) is 0 Å². The molecule has 0 rings (SSSR count). The predicted octanol–water partition coefficient (Wildman–Crippen LogP) is 14.3. The van der Waals surface area contributed by atoms with Crippen LogP contribution in [0.1, 0.15) is 258 Å². The molecule has 1 amide bonds. The van der Waals surface area contributed by atoms with Crippen LogP contribution in [0.15, 0.2) is 24.3 Å². The van der Waals surface area contributed by atoms with Crippen LogP contribution in [0.25, 0.3) is 0 Å². The Hall–Kier alpha value is -1.66. The molecule has 3 N–H and O–H groups in total. The molecule has 6 nitrogen and oxygen atoms in total. The van der Waals surface area contributed by atoms with Crippen molar-refractivity contribution < 1.29 is 24.5 Å². The van der Waals surface area contributed by atoms with Gasteiger partial charge in [-0.15, -0.1) is 0 Å². The molecule has 0 heterocycles. The lowest BCUT2D eigenvalue weighted by atomic mass is 10.0. The van der Waals surface area contributed by atoms with Gasteiger partial charge in [0.1, 0.15) is 6.10 Å². The molecular formula is C50H95NO5. The molecule has 0 saturated carbocycles. The number of allylic oxidation sites excluding steroid dienone is 4. The molecule has 6 heteroatoms. The number of aliphatic hydroxyl groups is 2. The highest BCUT2D eigenvalue weighted by atomic mass is 16.5. The summed E-state index contributed by atoms with van der Waals surface area (Å²) in [6, 6.07) is -0.703. The van der Waals surface area contributed by atoms with E-state index >= 15 is 0 Å². The smallest absolute Gasteiger partial charge is 0.306 e. The van der Waals surface area contributed by atoms with E-state index in [1.165, 1.54) is 141 Å². The van der Waals surface area contributed by atoms with Crippen molar-refractivity contribution in [2.75, 3.05) is 6.61 Å². The second-order valence-electron chi connectivity index (χ2n) is 16.9. The minimum Gasteiger partial charge on any atom is -0.462 e. The number of nitrogens with one attached hydrogen (secondary N) is 1. The Balaban J connectivity index is 4.62. The zero-order valence-electron chi connectivity index (χ0n) is 37.5. The molecule has 330 valence electrons. The summed E-state index contributed by atoms with van der Waals surface area (Å²) in [5.74, 6) is -0.491. The lowest BCUT2D eigenvalue weighted by Crippen LogP contribution is -2.46. The van der Waals surface area contributed by atoms with E-state index in [0.717, 1.165) is 70.6 Å². The van der Waals surface area contributed by atoms with E-state index in [1.54, 1.807) is 0 Å². The number of amides is 1. The van der Waals surface area contributed by atoms with Crippen molar-refractivity contribution >= 4 is 11.9 Å². The van der Waals surface area contributed by atoms with Gasteiger partial charge in [0.05, 0.1) is 25.2 Å². The number of carbonyl (C=O) groups is 2. The lowest BCUT2D eigenvalue weighted by molar-refractivity contribution is -0.151. The fourth-order valence-electron chi connectivity index (χ4n) is 7.54. The summed E-state index contributed by atoms with van der Waals surface area (Å²) in [7, 11) is 0. The summed E-state index contributed by atoms with van der Waals surface area (Å²) >= 11 is 0. The topological polar surface area (TPSA) is 95.9 Å². The van der Waals surface area contributed by atoms with Crippen molar-refractivity contribution in [3.8, 4) is 0 Å². The molecule has 0 aromatic rings. The minimum absolute atomic E-state index is 0.0644. The van der Waals surface area contributed by atoms with Crippen LogP contribution in [-0.4, -0.2) is 46.9 Å². The SMILES string of the molecule is CCCCCCCCC/C=C/C=C/CCCCCC(CC(=O)NC(CO)C(O)CCCCCCCCCCC)OC(=O)CCCCCCCCCCCCCC. The Morgan fingerprint density at radius 1 is 0.518 bits per heavy atom. The summed E-state index contributed by atoms with van der Waals surface area (Å²) in [6.45, 7) is 6.45. The first-order valence-corrected chi connectivity index (χ1v) is 24.6. The summed E-state index contributed by atoms with van der Waals surface area (Å²) in [5, 5.41) is 23.6. The van der Waals surface area contributed by atoms with Gasteiger partial charge in [-0.1, -0.05) is 218 Å². The predicted molar refractivity (Wildman–Crippen MR) is 241 cm³/mol. The third-order valence-corrected chi connectivity index (χ3v) is 11.3. The van der Waals surface area contributed by atoms with Crippen LogP contribution in [0.2, 0.25) is 0 Å². The number of hydrogen-bond acceptors (Lipinski definition) is 5. The molecule has 3 atom stereocenters. The molecule has 0 aliphatic rings. The monoisotopic (exact) mass is 790 g/mol. The zero-order valence-corrected chi connectivity index (χ0v) is 37.5.